The van der Waals surface area contributed by atoms with E-state index >= 15 is 0 Å². The normalized spacial score (nSPS) is 25.2. The second kappa shape index (κ2) is 7.72. The Morgan fingerprint density at radius 2 is 1.65 bits per heavy atom. The van der Waals surface area contributed by atoms with Gasteiger partial charge in [-0.1, -0.05) is 45.0 Å². The van der Waals surface area contributed by atoms with Gasteiger partial charge in [0.1, 0.15) is 17.5 Å². The molecule has 2 aromatic rings. The Morgan fingerprint density at radius 3 is 2.32 bits per heavy atom. The van der Waals surface area contributed by atoms with Crippen LogP contribution in [0, 0.1) is 17.3 Å². The maximum atomic E-state index is 14.0. The molecule has 3 aliphatic heterocycles. The van der Waals surface area contributed by atoms with Crippen molar-refractivity contribution in [1.29, 1.82) is 0 Å². The SMILES string of the molecule is COc1ccc(OC)c(N2C(=O)[C@@H]3[C@H](C2=O)[C@H]2c4ccccc4C=CN2[C@H]3C(=O)C(C)(C)C)c1. The number of carbonyl (C=O) groups is 3. The first-order valence-electron chi connectivity index (χ1n) is 11.4. The number of imide groups is 1. The smallest absolute Gasteiger partial charge is 0.240 e. The lowest BCUT2D eigenvalue weighted by atomic mass is 9.79. The second-order valence-electron chi connectivity index (χ2n) is 10.00. The first-order chi connectivity index (χ1) is 16.2. The fourth-order valence-electron chi connectivity index (χ4n) is 5.51. The zero-order valence-electron chi connectivity index (χ0n) is 19.9. The summed E-state index contributed by atoms with van der Waals surface area (Å²) in [7, 11) is 3.02. The summed E-state index contributed by atoms with van der Waals surface area (Å²) >= 11 is 0. The van der Waals surface area contributed by atoms with Gasteiger partial charge < -0.3 is 14.4 Å². The Hall–Kier alpha value is -3.61. The fraction of sp³-hybridized carbons (Fsp3) is 0.370. The summed E-state index contributed by atoms with van der Waals surface area (Å²) in [6.45, 7) is 5.55. The molecule has 3 heterocycles. The predicted molar refractivity (Wildman–Crippen MR) is 127 cm³/mol. The predicted octanol–water partition coefficient (Wildman–Crippen LogP) is 3.83. The Labute approximate surface area is 198 Å². The van der Waals surface area contributed by atoms with Crippen LogP contribution in [0.5, 0.6) is 11.5 Å². The number of nitrogens with zero attached hydrogens (tertiary/aromatic N) is 2. The molecule has 34 heavy (non-hydrogen) atoms. The Kier molecular flexibility index (Phi) is 5.04. The van der Waals surface area contributed by atoms with Gasteiger partial charge in [0.05, 0.1) is 37.8 Å². The molecule has 2 amide bonds. The number of benzene rings is 2. The Bertz CT molecular complexity index is 1230. The summed E-state index contributed by atoms with van der Waals surface area (Å²) in [4.78, 5) is 44.8. The van der Waals surface area contributed by atoms with Crippen LogP contribution in [0.3, 0.4) is 0 Å². The van der Waals surface area contributed by atoms with Crippen LogP contribution in [-0.2, 0) is 14.4 Å². The molecule has 176 valence electrons. The molecule has 0 spiro atoms. The van der Waals surface area contributed by atoms with E-state index in [0.29, 0.717) is 17.2 Å². The van der Waals surface area contributed by atoms with Crippen molar-refractivity contribution in [2.24, 2.45) is 17.3 Å². The highest BCUT2D eigenvalue weighted by Crippen LogP contribution is 2.55. The standard InChI is InChI=1S/C27H28N2O5/c1-27(2,3)24(30)23-21-20(22-17-9-7-6-8-15(17)12-13-28(22)23)25(31)29(26(21)32)18-14-16(33-4)10-11-19(18)34-5/h6-14,20-23H,1-5H3/t20-,21+,22+,23+/m0/s1. The van der Waals surface area contributed by atoms with E-state index in [1.165, 1.54) is 19.1 Å². The molecular formula is C27H28N2O5. The van der Waals surface area contributed by atoms with Crippen molar-refractivity contribution in [2.45, 2.75) is 32.9 Å². The van der Waals surface area contributed by atoms with Gasteiger partial charge in [0.15, 0.2) is 5.78 Å². The number of rotatable bonds is 4. The number of ether oxygens (including phenoxy) is 2. The molecule has 0 saturated carbocycles. The van der Waals surface area contributed by atoms with Crippen molar-refractivity contribution < 1.29 is 23.9 Å². The highest BCUT2D eigenvalue weighted by Gasteiger charge is 2.65. The largest absolute Gasteiger partial charge is 0.497 e. The van der Waals surface area contributed by atoms with Gasteiger partial charge in [0.25, 0.3) is 0 Å². The monoisotopic (exact) mass is 460 g/mol. The minimum absolute atomic E-state index is 0.0605. The van der Waals surface area contributed by atoms with Crippen molar-refractivity contribution in [3.8, 4) is 11.5 Å². The topological polar surface area (TPSA) is 76.2 Å². The van der Waals surface area contributed by atoms with Gasteiger partial charge >= 0.3 is 0 Å². The first-order valence-corrected chi connectivity index (χ1v) is 11.4. The van der Waals surface area contributed by atoms with Crippen LogP contribution in [0.4, 0.5) is 5.69 Å². The molecule has 7 heteroatoms. The Balaban J connectivity index is 1.68. The van der Waals surface area contributed by atoms with E-state index in [1.54, 1.807) is 18.2 Å². The average molecular weight is 461 g/mol. The summed E-state index contributed by atoms with van der Waals surface area (Å²) in [5, 5.41) is 0. The van der Waals surface area contributed by atoms with Crippen molar-refractivity contribution in [2.75, 3.05) is 19.1 Å². The maximum Gasteiger partial charge on any atom is 0.240 e. The summed E-state index contributed by atoms with van der Waals surface area (Å²) in [6.07, 6.45) is 3.82. The van der Waals surface area contributed by atoms with Crippen molar-refractivity contribution >= 4 is 29.4 Å². The van der Waals surface area contributed by atoms with E-state index in [2.05, 4.69) is 0 Å². The molecule has 4 atom stereocenters. The van der Waals surface area contributed by atoms with E-state index < -0.39 is 29.3 Å². The third-order valence-corrected chi connectivity index (χ3v) is 7.10. The van der Waals surface area contributed by atoms with Gasteiger partial charge in [-0.15, -0.1) is 0 Å². The van der Waals surface area contributed by atoms with Crippen LogP contribution in [0.25, 0.3) is 6.08 Å². The van der Waals surface area contributed by atoms with Crippen LogP contribution >= 0.6 is 0 Å². The highest BCUT2D eigenvalue weighted by molar-refractivity contribution is 6.24. The number of hydrogen-bond acceptors (Lipinski definition) is 6. The molecular weight excluding hydrogens is 432 g/mol. The van der Waals surface area contributed by atoms with Gasteiger partial charge in [-0.25, -0.2) is 4.90 Å². The summed E-state index contributed by atoms with van der Waals surface area (Å²) in [5.41, 5.74) is 1.59. The molecule has 7 nitrogen and oxygen atoms in total. The van der Waals surface area contributed by atoms with E-state index in [-0.39, 0.29) is 17.6 Å². The second-order valence-corrected chi connectivity index (χ2v) is 10.00. The van der Waals surface area contributed by atoms with E-state index in [9.17, 15) is 14.4 Å². The third kappa shape index (κ3) is 3.06. The minimum Gasteiger partial charge on any atom is -0.497 e. The van der Waals surface area contributed by atoms with Gasteiger partial charge in [-0.2, -0.15) is 0 Å². The van der Waals surface area contributed by atoms with E-state index in [0.717, 1.165) is 11.1 Å². The zero-order valence-corrected chi connectivity index (χ0v) is 19.9. The lowest BCUT2D eigenvalue weighted by Gasteiger charge is -2.37. The van der Waals surface area contributed by atoms with Crippen molar-refractivity contribution in [1.82, 2.24) is 4.90 Å². The molecule has 2 aromatic carbocycles. The van der Waals surface area contributed by atoms with Crippen LogP contribution < -0.4 is 14.4 Å². The van der Waals surface area contributed by atoms with E-state index in [4.69, 9.17) is 9.47 Å². The van der Waals surface area contributed by atoms with Gasteiger partial charge in [0.2, 0.25) is 11.8 Å². The third-order valence-electron chi connectivity index (χ3n) is 7.10. The number of ketones is 1. The number of amides is 2. The maximum absolute atomic E-state index is 14.0. The molecule has 5 rings (SSSR count). The number of fused-ring (bicyclic) bond motifs is 5. The lowest BCUT2D eigenvalue weighted by molar-refractivity contribution is -0.135. The minimum atomic E-state index is -0.795. The number of carbonyl (C=O) groups excluding carboxylic acids is 3. The van der Waals surface area contributed by atoms with Crippen LogP contribution in [0.2, 0.25) is 0 Å². The number of anilines is 1. The van der Waals surface area contributed by atoms with Crippen molar-refractivity contribution in [3.63, 3.8) is 0 Å². The zero-order chi connectivity index (χ0) is 24.4. The van der Waals surface area contributed by atoms with Gasteiger partial charge in [-0.05, 0) is 29.3 Å². The first kappa shape index (κ1) is 22.2. The number of methoxy groups -OCH3 is 2. The van der Waals surface area contributed by atoms with Crippen LogP contribution in [0.15, 0.2) is 48.7 Å². The van der Waals surface area contributed by atoms with Gasteiger partial charge in [-0.3, -0.25) is 14.4 Å². The molecule has 0 aromatic heterocycles. The summed E-state index contributed by atoms with van der Waals surface area (Å²) in [6, 6.07) is 11.7. The van der Waals surface area contributed by atoms with Gasteiger partial charge in [0, 0.05) is 17.7 Å². The molecule has 0 bridgehead atoms. The summed E-state index contributed by atoms with van der Waals surface area (Å²) < 4.78 is 10.8. The molecule has 0 unspecified atom stereocenters. The number of Topliss-reactive ketones (excluding diaryl/α,β-unsaturated/α-hetero) is 1. The lowest BCUT2D eigenvalue weighted by Crippen LogP contribution is -2.47. The fourth-order valence-corrected chi connectivity index (χ4v) is 5.51. The molecule has 0 radical (unpaired) electrons. The molecule has 3 aliphatic rings. The summed E-state index contributed by atoms with van der Waals surface area (Å²) in [5.74, 6) is -1.36. The Morgan fingerprint density at radius 1 is 0.941 bits per heavy atom. The highest BCUT2D eigenvalue weighted by atomic mass is 16.5. The molecule has 0 N–H and O–H groups in total. The average Bonchev–Trinajstić information content (AvgIpc) is 3.30. The molecule has 2 fully saturated rings. The van der Waals surface area contributed by atoms with Crippen molar-refractivity contribution in [3.05, 3.63) is 59.8 Å². The van der Waals surface area contributed by atoms with Crippen LogP contribution in [-0.4, -0.2) is 42.8 Å². The molecule has 0 aliphatic carbocycles. The number of hydrogen-bond donors (Lipinski definition) is 0. The van der Waals surface area contributed by atoms with Crippen LogP contribution in [0.1, 0.15) is 37.9 Å². The molecule has 2 saturated heterocycles. The quantitative estimate of drug-likeness (QED) is 0.646. The van der Waals surface area contributed by atoms with E-state index in [1.807, 2.05) is 62.2 Å².